The third kappa shape index (κ3) is 5.54. The van der Waals surface area contributed by atoms with Crippen LogP contribution in [0.25, 0.3) is 0 Å². The quantitative estimate of drug-likeness (QED) is 0.751. The van der Waals surface area contributed by atoms with Crippen molar-refractivity contribution in [3.05, 3.63) is 12.3 Å². The number of rotatable bonds is 8. The summed E-state index contributed by atoms with van der Waals surface area (Å²) in [5.41, 5.74) is 0. The van der Waals surface area contributed by atoms with Gasteiger partial charge in [0.05, 0.1) is 12.0 Å². The number of ether oxygens (including phenoxy) is 1. The number of carboxylic acids is 1. The highest BCUT2D eigenvalue weighted by molar-refractivity contribution is 5.70. The molecule has 0 saturated heterocycles. The largest absolute Gasteiger partial charge is 0.481 e. The van der Waals surface area contributed by atoms with Gasteiger partial charge in [0, 0.05) is 18.8 Å². The van der Waals surface area contributed by atoms with Gasteiger partial charge in [-0.25, -0.2) is 4.98 Å². The van der Waals surface area contributed by atoms with Crippen molar-refractivity contribution in [2.45, 2.75) is 39.7 Å². The van der Waals surface area contributed by atoms with Crippen LogP contribution in [0.3, 0.4) is 0 Å². The molecule has 0 aliphatic carbocycles. The van der Waals surface area contributed by atoms with Gasteiger partial charge < -0.3 is 15.2 Å². The second-order valence-electron chi connectivity index (χ2n) is 4.59. The van der Waals surface area contributed by atoms with Crippen LogP contribution in [0.15, 0.2) is 12.3 Å². The number of aliphatic carboxylic acids is 1. The Morgan fingerprint density at radius 3 is 2.84 bits per heavy atom. The topological polar surface area (TPSA) is 84.3 Å². The lowest BCUT2D eigenvalue weighted by Crippen LogP contribution is -2.23. The Kier molecular flexibility index (Phi) is 6.05. The van der Waals surface area contributed by atoms with Crippen LogP contribution in [-0.4, -0.2) is 33.7 Å². The first-order chi connectivity index (χ1) is 9.02. The number of hydrogen-bond acceptors (Lipinski definition) is 5. The summed E-state index contributed by atoms with van der Waals surface area (Å²) in [4.78, 5) is 19.2. The van der Waals surface area contributed by atoms with Crippen molar-refractivity contribution in [3.63, 3.8) is 0 Å². The van der Waals surface area contributed by atoms with Crippen LogP contribution >= 0.6 is 0 Å². The number of aromatic nitrogens is 2. The highest BCUT2D eigenvalue weighted by Gasteiger charge is 2.16. The fourth-order valence-corrected chi connectivity index (χ4v) is 1.61. The van der Waals surface area contributed by atoms with E-state index in [0.717, 1.165) is 6.42 Å². The smallest absolute Gasteiger partial charge is 0.308 e. The summed E-state index contributed by atoms with van der Waals surface area (Å²) in [6.45, 7) is 6.10. The van der Waals surface area contributed by atoms with E-state index in [1.165, 1.54) is 0 Å². The molecule has 6 heteroatoms. The van der Waals surface area contributed by atoms with Gasteiger partial charge in [0.1, 0.15) is 0 Å². The number of hydrogen-bond donors (Lipinski definition) is 2. The van der Waals surface area contributed by atoms with E-state index < -0.39 is 11.9 Å². The molecule has 1 unspecified atom stereocenters. The molecule has 1 atom stereocenters. The number of nitrogens with zero attached hydrogens (tertiary/aromatic N) is 2. The molecule has 0 aliphatic rings. The van der Waals surface area contributed by atoms with E-state index in [1.807, 2.05) is 20.8 Å². The van der Waals surface area contributed by atoms with Crippen molar-refractivity contribution >= 4 is 11.9 Å². The van der Waals surface area contributed by atoms with Gasteiger partial charge in [0.15, 0.2) is 0 Å². The van der Waals surface area contributed by atoms with Gasteiger partial charge >= 0.3 is 5.97 Å². The molecule has 0 spiro atoms. The molecule has 19 heavy (non-hydrogen) atoms. The zero-order chi connectivity index (χ0) is 14.3. The minimum Gasteiger partial charge on any atom is -0.481 e. The Morgan fingerprint density at radius 1 is 1.53 bits per heavy atom. The van der Waals surface area contributed by atoms with Gasteiger partial charge in [0.25, 0.3) is 0 Å². The molecule has 0 fully saturated rings. The fraction of sp³-hybridized carbons (Fsp3) is 0.615. The molecular weight excluding hydrogens is 246 g/mol. The minimum absolute atomic E-state index is 0.0367. The molecular formula is C13H21N3O3. The molecule has 2 N–H and O–H groups in total. The van der Waals surface area contributed by atoms with Gasteiger partial charge in [-0.2, -0.15) is 4.98 Å². The molecule has 0 aliphatic heterocycles. The zero-order valence-corrected chi connectivity index (χ0v) is 11.6. The van der Waals surface area contributed by atoms with E-state index in [1.54, 1.807) is 12.3 Å². The lowest BCUT2D eigenvalue weighted by atomic mass is 10.0. The second kappa shape index (κ2) is 7.56. The van der Waals surface area contributed by atoms with E-state index in [-0.39, 0.29) is 6.10 Å². The summed E-state index contributed by atoms with van der Waals surface area (Å²) in [5, 5.41) is 12.0. The van der Waals surface area contributed by atoms with E-state index in [2.05, 4.69) is 15.3 Å². The predicted molar refractivity (Wildman–Crippen MR) is 72.3 cm³/mol. The van der Waals surface area contributed by atoms with E-state index in [9.17, 15) is 4.79 Å². The van der Waals surface area contributed by atoms with Crippen molar-refractivity contribution in [1.82, 2.24) is 9.97 Å². The SMILES string of the molecule is CCCC(CNc1nccc(OC(C)C)n1)C(=O)O. The number of nitrogens with one attached hydrogen (secondary N) is 1. The third-order valence-corrected chi connectivity index (χ3v) is 2.48. The predicted octanol–water partition coefficient (Wildman–Crippen LogP) is 2.18. The lowest BCUT2D eigenvalue weighted by molar-refractivity contribution is -0.141. The molecule has 0 bridgehead atoms. The summed E-state index contributed by atoms with van der Waals surface area (Å²) in [6.07, 6.45) is 3.08. The molecule has 1 rings (SSSR count). The summed E-state index contributed by atoms with van der Waals surface area (Å²) in [6, 6.07) is 1.67. The van der Waals surface area contributed by atoms with Gasteiger partial charge in [-0.15, -0.1) is 0 Å². The first-order valence-electron chi connectivity index (χ1n) is 6.49. The van der Waals surface area contributed by atoms with Gasteiger partial charge in [-0.1, -0.05) is 13.3 Å². The highest BCUT2D eigenvalue weighted by atomic mass is 16.5. The van der Waals surface area contributed by atoms with Crippen LogP contribution in [-0.2, 0) is 4.79 Å². The van der Waals surface area contributed by atoms with Crippen molar-refractivity contribution in [3.8, 4) is 5.88 Å². The van der Waals surface area contributed by atoms with Crippen LogP contribution in [0, 0.1) is 5.92 Å². The maximum atomic E-state index is 11.0. The Balaban J connectivity index is 2.58. The Labute approximate surface area is 113 Å². The van der Waals surface area contributed by atoms with Crippen molar-refractivity contribution < 1.29 is 14.6 Å². The normalized spacial score (nSPS) is 12.2. The first-order valence-corrected chi connectivity index (χ1v) is 6.49. The van der Waals surface area contributed by atoms with Crippen LogP contribution < -0.4 is 10.1 Å². The van der Waals surface area contributed by atoms with E-state index in [4.69, 9.17) is 9.84 Å². The standard InChI is InChI=1S/C13H21N3O3/c1-4-5-10(12(17)18)8-15-13-14-7-6-11(16-13)19-9(2)3/h6-7,9-10H,4-5,8H2,1-3H3,(H,17,18)(H,14,15,16). The summed E-state index contributed by atoms with van der Waals surface area (Å²) in [7, 11) is 0. The van der Waals surface area contributed by atoms with Crippen LogP contribution in [0.2, 0.25) is 0 Å². The second-order valence-corrected chi connectivity index (χ2v) is 4.59. The summed E-state index contributed by atoms with van der Waals surface area (Å²) >= 11 is 0. The number of anilines is 1. The molecule has 1 aromatic heterocycles. The zero-order valence-electron chi connectivity index (χ0n) is 11.6. The van der Waals surface area contributed by atoms with E-state index in [0.29, 0.717) is 24.8 Å². The molecule has 106 valence electrons. The maximum absolute atomic E-state index is 11.0. The third-order valence-electron chi connectivity index (χ3n) is 2.48. The summed E-state index contributed by atoms with van der Waals surface area (Å²) in [5.74, 6) is -0.359. The first kappa shape index (κ1) is 15.2. The molecule has 0 aromatic carbocycles. The van der Waals surface area contributed by atoms with Crippen molar-refractivity contribution in [2.75, 3.05) is 11.9 Å². The Morgan fingerprint density at radius 2 is 2.26 bits per heavy atom. The van der Waals surface area contributed by atoms with Gasteiger partial charge in [-0.3, -0.25) is 4.79 Å². The van der Waals surface area contributed by atoms with Crippen LogP contribution in [0.4, 0.5) is 5.95 Å². The number of carboxylic acid groups (broad SMARTS) is 1. The minimum atomic E-state index is -0.802. The average Bonchev–Trinajstić information content (AvgIpc) is 2.33. The fourth-order valence-electron chi connectivity index (χ4n) is 1.61. The maximum Gasteiger partial charge on any atom is 0.308 e. The molecule has 6 nitrogen and oxygen atoms in total. The van der Waals surface area contributed by atoms with Crippen molar-refractivity contribution in [1.29, 1.82) is 0 Å². The molecule has 0 radical (unpaired) electrons. The van der Waals surface area contributed by atoms with Gasteiger partial charge in [-0.05, 0) is 20.3 Å². The molecule has 1 aromatic rings. The Hall–Kier alpha value is -1.85. The molecule has 0 saturated carbocycles. The molecule has 0 amide bonds. The van der Waals surface area contributed by atoms with E-state index >= 15 is 0 Å². The molecule has 1 heterocycles. The monoisotopic (exact) mass is 267 g/mol. The number of carbonyl (C=O) groups is 1. The van der Waals surface area contributed by atoms with Crippen molar-refractivity contribution in [2.24, 2.45) is 5.92 Å². The average molecular weight is 267 g/mol. The highest BCUT2D eigenvalue weighted by Crippen LogP contribution is 2.12. The Bertz CT molecular complexity index is 410. The lowest BCUT2D eigenvalue weighted by Gasteiger charge is -2.13. The van der Waals surface area contributed by atoms with Gasteiger partial charge in [0.2, 0.25) is 11.8 Å². The van der Waals surface area contributed by atoms with Crippen LogP contribution in [0.1, 0.15) is 33.6 Å². The van der Waals surface area contributed by atoms with Crippen LogP contribution in [0.5, 0.6) is 5.88 Å². The summed E-state index contributed by atoms with van der Waals surface area (Å²) < 4.78 is 5.45.